The van der Waals surface area contributed by atoms with Crippen molar-refractivity contribution in [3.8, 4) is 0 Å². The number of hydrogen-bond acceptors (Lipinski definition) is 3. The molecule has 2 aliphatic carbocycles. The van der Waals surface area contributed by atoms with Crippen LogP contribution >= 0.6 is 0 Å². The molecule has 0 saturated heterocycles. The summed E-state index contributed by atoms with van der Waals surface area (Å²) >= 11 is 0. The summed E-state index contributed by atoms with van der Waals surface area (Å²) in [5.41, 5.74) is 5.79. The number of nitrogens with two attached hydrogens (primary N) is 1. The molecule has 4 nitrogen and oxygen atoms in total. The molecule has 2 saturated carbocycles. The molecule has 5 atom stereocenters. The van der Waals surface area contributed by atoms with E-state index < -0.39 is 0 Å². The summed E-state index contributed by atoms with van der Waals surface area (Å²) in [5, 5.41) is 3.19. The van der Waals surface area contributed by atoms with Gasteiger partial charge in [-0.15, -0.1) is 0 Å². The standard InChI is InChI=1S/C17H32N2O2/c1-3-16(21-14-8-4-6-12(2)10-14)17(20)19-15-9-5-7-13(15)11-18/h12-16H,3-11,18H2,1-2H3,(H,19,20). The number of carbonyl (C=O) groups excluding carboxylic acids is 1. The van der Waals surface area contributed by atoms with E-state index in [1.165, 1.54) is 19.3 Å². The summed E-state index contributed by atoms with van der Waals surface area (Å²) in [4.78, 5) is 12.5. The van der Waals surface area contributed by atoms with Gasteiger partial charge in [-0.25, -0.2) is 0 Å². The average Bonchev–Trinajstić information content (AvgIpc) is 2.91. The van der Waals surface area contributed by atoms with Gasteiger partial charge in [0.2, 0.25) is 5.91 Å². The summed E-state index contributed by atoms with van der Waals surface area (Å²) in [7, 11) is 0. The molecule has 0 aromatic rings. The summed E-state index contributed by atoms with van der Waals surface area (Å²) in [6.07, 6.45) is 8.80. The lowest BCUT2D eigenvalue weighted by Crippen LogP contribution is -2.46. The Bertz CT molecular complexity index is 335. The van der Waals surface area contributed by atoms with Crippen molar-refractivity contribution in [1.29, 1.82) is 0 Å². The predicted octanol–water partition coefficient (Wildman–Crippen LogP) is 2.60. The highest BCUT2D eigenvalue weighted by molar-refractivity contribution is 5.81. The van der Waals surface area contributed by atoms with E-state index in [2.05, 4.69) is 12.2 Å². The Hall–Kier alpha value is -0.610. The molecule has 2 fully saturated rings. The third kappa shape index (κ3) is 4.68. The third-order valence-corrected chi connectivity index (χ3v) is 5.20. The van der Waals surface area contributed by atoms with E-state index in [4.69, 9.17) is 10.5 Å². The number of carbonyl (C=O) groups is 1. The highest BCUT2D eigenvalue weighted by atomic mass is 16.5. The molecular formula is C17H32N2O2. The second-order valence-corrected chi connectivity index (χ2v) is 6.97. The van der Waals surface area contributed by atoms with Crippen LogP contribution in [0.4, 0.5) is 0 Å². The number of ether oxygens (including phenoxy) is 1. The first-order valence-corrected chi connectivity index (χ1v) is 8.79. The first kappa shape index (κ1) is 16.8. The van der Waals surface area contributed by atoms with Crippen LogP contribution in [0.2, 0.25) is 0 Å². The zero-order chi connectivity index (χ0) is 15.2. The summed E-state index contributed by atoms with van der Waals surface area (Å²) in [6, 6.07) is 0.255. The van der Waals surface area contributed by atoms with Crippen LogP contribution in [0.3, 0.4) is 0 Å². The maximum atomic E-state index is 12.5. The molecule has 3 N–H and O–H groups in total. The predicted molar refractivity (Wildman–Crippen MR) is 84.9 cm³/mol. The number of nitrogens with one attached hydrogen (secondary N) is 1. The van der Waals surface area contributed by atoms with Crippen LogP contribution in [0.5, 0.6) is 0 Å². The van der Waals surface area contributed by atoms with Gasteiger partial charge in [-0.05, 0) is 50.5 Å². The zero-order valence-corrected chi connectivity index (χ0v) is 13.6. The van der Waals surface area contributed by atoms with E-state index in [-0.39, 0.29) is 24.2 Å². The molecule has 0 aromatic carbocycles. The molecule has 0 aromatic heterocycles. The largest absolute Gasteiger partial charge is 0.365 e. The second kappa shape index (κ2) is 8.14. The first-order valence-electron chi connectivity index (χ1n) is 8.79. The number of rotatable bonds is 6. The van der Waals surface area contributed by atoms with Crippen molar-refractivity contribution in [3.05, 3.63) is 0 Å². The summed E-state index contributed by atoms with van der Waals surface area (Å²) < 4.78 is 6.11. The Kier molecular flexibility index (Phi) is 6.49. The molecule has 0 radical (unpaired) electrons. The maximum absolute atomic E-state index is 12.5. The smallest absolute Gasteiger partial charge is 0.249 e. The molecule has 122 valence electrons. The summed E-state index contributed by atoms with van der Waals surface area (Å²) in [5.74, 6) is 1.24. The van der Waals surface area contributed by atoms with Crippen LogP contribution in [-0.4, -0.2) is 30.7 Å². The van der Waals surface area contributed by atoms with Gasteiger partial charge < -0.3 is 15.8 Å². The third-order valence-electron chi connectivity index (χ3n) is 5.20. The molecule has 0 heterocycles. The second-order valence-electron chi connectivity index (χ2n) is 6.97. The van der Waals surface area contributed by atoms with Gasteiger partial charge in [-0.1, -0.05) is 33.1 Å². The molecule has 0 aliphatic heterocycles. The molecular weight excluding hydrogens is 264 g/mol. The van der Waals surface area contributed by atoms with Gasteiger partial charge in [0.1, 0.15) is 6.10 Å². The van der Waals surface area contributed by atoms with E-state index >= 15 is 0 Å². The van der Waals surface area contributed by atoms with Crippen LogP contribution in [-0.2, 0) is 9.53 Å². The number of hydrogen-bond donors (Lipinski definition) is 2. The lowest BCUT2D eigenvalue weighted by atomic mass is 9.88. The first-order chi connectivity index (χ1) is 10.1. The van der Waals surface area contributed by atoms with Gasteiger partial charge in [0.05, 0.1) is 6.10 Å². The fraction of sp³-hybridized carbons (Fsp3) is 0.941. The van der Waals surface area contributed by atoms with E-state index in [1.54, 1.807) is 0 Å². The number of amides is 1. The average molecular weight is 296 g/mol. The Labute approximate surface area is 129 Å². The quantitative estimate of drug-likeness (QED) is 0.792. The van der Waals surface area contributed by atoms with Crippen LogP contribution in [0.1, 0.15) is 65.2 Å². The molecule has 4 heteroatoms. The minimum absolute atomic E-state index is 0.0704. The molecule has 0 bridgehead atoms. The van der Waals surface area contributed by atoms with Gasteiger partial charge >= 0.3 is 0 Å². The SMILES string of the molecule is CCC(OC1CCCC(C)C1)C(=O)NC1CCCC1CN. The van der Waals surface area contributed by atoms with Gasteiger partial charge in [-0.3, -0.25) is 4.79 Å². The van der Waals surface area contributed by atoms with Crippen molar-refractivity contribution in [2.24, 2.45) is 17.6 Å². The Morgan fingerprint density at radius 2 is 2.05 bits per heavy atom. The maximum Gasteiger partial charge on any atom is 0.249 e. The fourth-order valence-corrected chi connectivity index (χ4v) is 3.86. The van der Waals surface area contributed by atoms with Crippen molar-refractivity contribution >= 4 is 5.91 Å². The molecule has 0 spiro atoms. The molecule has 2 rings (SSSR count). The molecule has 2 aliphatic rings. The normalized spacial score (nSPS) is 34.6. The van der Waals surface area contributed by atoms with E-state index in [1.807, 2.05) is 6.92 Å². The van der Waals surface area contributed by atoms with E-state index in [9.17, 15) is 4.79 Å². The lowest BCUT2D eigenvalue weighted by Gasteiger charge is -2.30. The van der Waals surface area contributed by atoms with Gasteiger partial charge in [0.25, 0.3) is 0 Å². The van der Waals surface area contributed by atoms with E-state index in [0.717, 1.165) is 38.0 Å². The molecule has 21 heavy (non-hydrogen) atoms. The lowest BCUT2D eigenvalue weighted by molar-refractivity contribution is -0.140. The van der Waals surface area contributed by atoms with Crippen LogP contribution in [0.25, 0.3) is 0 Å². The van der Waals surface area contributed by atoms with Gasteiger partial charge in [-0.2, -0.15) is 0 Å². The molecule has 5 unspecified atom stereocenters. The van der Waals surface area contributed by atoms with Crippen LogP contribution < -0.4 is 11.1 Å². The van der Waals surface area contributed by atoms with Crippen molar-refractivity contribution in [2.75, 3.05) is 6.54 Å². The van der Waals surface area contributed by atoms with Gasteiger partial charge in [0.15, 0.2) is 0 Å². The van der Waals surface area contributed by atoms with Crippen LogP contribution in [0, 0.1) is 11.8 Å². The minimum Gasteiger partial charge on any atom is -0.365 e. The fourth-order valence-electron chi connectivity index (χ4n) is 3.86. The Balaban J connectivity index is 1.83. The Morgan fingerprint density at radius 1 is 1.29 bits per heavy atom. The Morgan fingerprint density at radius 3 is 2.71 bits per heavy atom. The summed E-state index contributed by atoms with van der Waals surface area (Å²) in [6.45, 7) is 4.98. The van der Waals surface area contributed by atoms with Crippen molar-refractivity contribution in [1.82, 2.24) is 5.32 Å². The highest BCUT2D eigenvalue weighted by Crippen LogP contribution is 2.28. The van der Waals surface area contributed by atoms with Crippen LogP contribution in [0.15, 0.2) is 0 Å². The van der Waals surface area contributed by atoms with Crippen molar-refractivity contribution in [2.45, 2.75) is 83.5 Å². The monoisotopic (exact) mass is 296 g/mol. The van der Waals surface area contributed by atoms with E-state index in [0.29, 0.717) is 12.5 Å². The highest BCUT2D eigenvalue weighted by Gasteiger charge is 2.31. The minimum atomic E-state index is -0.292. The van der Waals surface area contributed by atoms with Crippen molar-refractivity contribution < 1.29 is 9.53 Å². The molecule has 1 amide bonds. The topological polar surface area (TPSA) is 64.3 Å². The van der Waals surface area contributed by atoms with Crippen molar-refractivity contribution in [3.63, 3.8) is 0 Å². The zero-order valence-electron chi connectivity index (χ0n) is 13.6. The van der Waals surface area contributed by atoms with Gasteiger partial charge in [0, 0.05) is 6.04 Å².